The molecule has 1 saturated heterocycles. The predicted octanol–water partition coefficient (Wildman–Crippen LogP) is 10.7. The molecule has 340 valence electrons. The molecule has 1 heterocycles. The molecule has 3 unspecified atom stereocenters. The molecule has 1 aliphatic rings. The highest BCUT2D eigenvalue weighted by atomic mass is 16.7. The quantitative estimate of drug-likeness (QED) is 0.0334. The second-order valence-electron chi connectivity index (χ2n) is 17.7. The maximum Gasteiger partial charge on any atom is 0.220 e. The van der Waals surface area contributed by atoms with Gasteiger partial charge in [-0.1, -0.05) is 219 Å². The molecule has 0 spiro atoms. The second kappa shape index (κ2) is 38.1. The Morgan fingerprint density at radius 3 is 1.26 bits per heavy atom. The van der Waals surface area contributed by atoms with Gasteiger partial charge in [-0.25, -0.2) is 0 Å². The van der Waals surface area contributed by atoms with Gasteiger partial charge in [0.05, 0.1) is 24.9 Å². The summed E-state index contributed by atoms with van der Waals surface area (Å²) >= 11 is 0. The molecule has 0 saturated carbocycles. The number of rotatable bonds is 41. The minimum Gasteiger partial charge on any atom is -0.390 e. The third kappa shape index (κ3) is 29.1. The summed E-state index contributed by atoms with van der Waals surface area (Å²) in [5.41, 5.74) is 0. The molecule has 57 heavy (non-hydrogen) atoms. The molecule has 8 atom stereocenters. The first-order valence-electron chi connectivity index (χ1n) is 24.7. The Balaban J connectivity index is 2.26. The first kappa shape index (κ1) is 54.2. The lowest BCUT2D eigenvalue weighted by atomic mass is 9.98. The molecule has 0 aromatic carbocycles. The van der Waals surface area contributed by atoms with Gasteiger partial charge in [-0.2, -0.15) is 0 Å². The number of unbranched alkanes of at least 4 members (excludes halogenated alkanes) is 31. The number of carbonyl (C=O) groups is 1. The summed E-state index contributed by atoms with van der Waals surface area (Å²) in [5.74, 6) is -0.216. The van der Waals surface area contributed by atoms with Crippen LogP contribution in [0.1, 0.15) is 245 Å². The number of aliphatic hydroxyl groups excluding tert-OH is 5. The molecule has 1 amide bonds. The van der Waals surface area contributed by atoms with E-state index in [1.54, 1.807) is 6.92 Å². The van der Waals surface area contributed by atoms with E-state index < -0.39 is 49.0 Å². The van der Waals surface area contributed by atoms with Gasteiger partial charge in [0.15, 0.2) is 6.29 Å². The van der Waals surface area contributed by atoms with Crippen LogP contribution in [0.5, 0.6) is 0 Å². The number of nitrogens with one attached hydrogen (secondary N) is 1. The van der Waals surface area contributed by atoms with Crippen LogP contribution < -0.4 is 5.32 Å². The van der Waals surface area contributed by atoms with Crippen molar-refractivity contribution in [2.75, 3.05) is 6.61 Å². The zero-order valence-electron chi connectivity index (χ0n) is 37.5. The highest BCUT2D eigenvalue weighted by Gasteiger charge is 2.43. The van der Waals surface area contributed by atoms with Gasteiger partial charge in [-0.3, -0.25) is 4.79 Å². The third-order valence-corrected chi connectivity index (χ3v) is 12.3. The Morgan fingerprint density at radius 2 is 0.877 bits per heavy atom. The number of hydrogen-bond donors (Lipinski definition) is 6. The Bertz CT molecular complexity index is 879. The van der Waals surface area contributed by atoms with Crippen molar-refractivity contribution >= 4 is 5.91 Å². The van der Waals surface area contributed by atoms with Gasteiger partial charge in [0.1, 0.15) is 24.4 Å². The lowest BCUT2D eigenvalue weighted by Gasteiger charge is -2.39. The molecular weight excluding hydrogens is 719 g/mol. The number of aliphatic hydroxyl groups is 5. The summed E-state index contributed by atoms with van der Waals surface area (Å²) in [7, 11) is 0. The lowest BCUT2D eigenvalue weighted by molar-refractivity contribution is -0.295. The molecule has 9 nitrogen and oxygen atoms in total. The summed E-state index contributed by atoms with van der Waals surface area (Å²) in [6, 6.07) is -0.921. The van der Waals surface area contributed by atoms with Gasteiger partial charge in [-0.15, -0.1) is 0 Å². The van der Waals surface area contributed by atoms with E-state index >= 15 is 0 Å². The van der Waals surface area contributed by atoms with E-state index in [9.17, 15) is 30.3 Å². The third-order valence-electron chi connectivity index (χ3n) is 12.3. The normalized spacial score (nSPS) is 21.4. The van der Waals surface area contributed by atoms with Crippen LogP contribution in [-0.4, -0.2) is 87.0 Å². The maximum atomic E-state index is 13.0. The van der Waals surface area contributed by atoms with Gasteiger partial charge in [0.25, 0.3) is 0 Å². The number of carbonyl (C=O) groups excluding carboxylic acids is 1. The van der Waals surface area contributed by atoms with E-state index in [0.717, 1.165) is 38.5 Å². The average molecular weight is 814 g/mol. The smallest absolute Gasteiger partial charge is 0.220 e. The fourth-order valence-corrected chi connectivity index (χ4v) is 8.21. The summed E-state index contributed by atoms with van der Waals surface area (Å²) in [5, 5.41) is 55.6. The largest absolute Gasteiger partial charge is 0.390 e. The van der Waals surface area contributed by atoms with E-state index in [0.29, 0.717) is 12.8 Å². The van der Waals surface area contributed by atoms with E-state index in [1.165, 1.54) is 173 Å². The van der Waals surface area contributed by atoms with Crippen LogP contribution in [0.2, 0.25) is 0 Å². The van der Waals surface area contributed by atoms with E-state index in [4.69, 9.17) is 9.47 Å². The second-order valence-corrected chi connectivity index (χ2v) is 17.7. The van der Waals surface area contributed by atoms with Crippen LogP contribution >= 0.6 is 0 Å². The monoisotopic (exact) mass is 814 g/mol. The van der Waals surface area contributed by atoms with Gasteiger partial charge < -0.3 is 40.3 Å². The predicted molar refractivity (Wildman–Crippen MR) is 235 cm³/mol. The fraction of sp³-hybridized carbons (Fsp3) is 0.979. The number of hydrogen-bond acceptors (Lipinski definition) is 8. The molecule has 1 rings (SSSR count). The molecular formula is C48H95NO8. The van der Waals surface area contributed by atoms with Gasteiger partial charge in [0, 0.05) is 6.42 Å². The lowest BCUT2D eigenvalue weighted by Crippen LogP contribution is -2.58. The van der Waals surface area contributed by atoms with Crippen molar-refractivity contribution in [3.8, 4) is 0 Å². The average Bonchev–Trinajstić information content (AvgIpc) is 3.20. The van der Waals surface area contributed by atoms with Crippen molar-refractivity contribution in [3.63, 3.8) is 0 Å². The van der Waals surface area contributed by atoms with Gasteiger partial charge >= 0.3 is 0 Å². The highest BCUT2D eigenvalue weighted by Crippen LogP contribution is 2.23. The summed E-state index contributed by atoms with van der Waals surface area (Å²) < 4.78 is 11.3. The zero-order valence-corrected chi connectivity index (χ0v) is 37.5. The van der Waals surface area contributed by atoms with E-state index in [1.807, 2.05) is 0 Å². The van der Waals surface area contributed by atoms with Crippen LogP contribution in [0, 0.1) is 0 Å². The van der Waals surface area contributed by atoms with Crippen LogP contribution in [0.15, 0.2) is 0 Å². The Hall–Kier alpha value is -0.810. The molecule has 0 aromatic heterocycles. The Morgan fingerprint density at radius 1 is 0.526 bits per heavy atom. The minimum atomic E-state index is -1.49. The number of ether oxygens (including phenoxy) is 2. The van der Waals surface area contributed by atoms with Crippen molar-refractivity contribution in [3.05, 3.63) is 0 Å². The topological polar surface area (TPSA) is 149 Å². The molecule has 9 heteroatoms. The molecule has 1 aliphatic heterocycles. The van der Waals surface area contributed by atoms with Crippen LogP contribution in [0.25, 0.3) is 0 Å². The minimum absolute atomic E-state index is 0.216. The van der Waals surface area contributed by atoms with Crippen molar-refractivity contribution in [2.24, 2.45) is 0 Å². The zero-order chi connectivity index (χ0) is 41.8. The molecule has 0 radical (unpaired) electrons. The van der Waals surface area contributed by atoms with Gasteiger partial charge in [-0.05, 0) is 19.8 Å². The molecule has 0 aromatic rings. The van der Waals surface area contributed by atoms with Crippen molar-refractivity contribution in [1.29, 1.82) is 0 Å². The van der Waals surface area contributed by atoms with Crippen molar-refractivity contribution in [1.82, 2.24) is 5.32 Å². The van der Waals surface area contributed by atoms with Crippen molar-refractivity contribution in [2.45, 2.75) is 294 Å². The Labute approximate surface area is 351 Å². The van der Waals surface area contributed by atoms with Crippen LogP contribution in [-0.2, 0) is 14.3 Å². The first-order valence-corrected chi connectivity index (χ1v) is 24.7. The molecule has 1 fully saturated rings. The SMILES string of the molecule is CCCCCCCCCCCCCCCCCCCCCCCC(=O)N[C@@H](COC1OC(C)[C@H](O)[C@@H](O)C1O)[C@H](O)[C@H](O)CCCCCCCCCCCCCC. The maximum absolute atomic E-state index is 13.0. The molecule has 0 aliphatic carbocycles. The summed E-state index contributed by atoms with van der Waals surface area (Å²) in [4.78, 5) is 13.0. The van der Waals surface area contributed by atoms with Crippen LogP contribution in [0.4, 0.5) is 0 Å². The van der Waals surface area contributed by atoms with Gasteiger partial charge in [0.2, 0.25) is 5.91 Å². The fourth-order valence-electron chi connectivity index (χ4n) is 8.21. The number of amides is 1. The molecule has 6 N–H and O–H groups in total. The van der Waals surface area contributed by atoms with Crippen molar-refractivity contribution < 1.29 is 39.8 Å². The van der Waals surface area contributed by atoms with E-state index in [-0.39, 0.29) is 12.5 Å². The standard InChI is InChI=1S/C48H95NO8/c1-4-6-8-10-12-14-16-18-19-20-21-22-23-24-25-26-28-30-32-34-36-38-43(51)49-41(39-56-48-47(55)46(54)44(52)40(3)57-48)45(53)42(50)37-35-33-31-29-27-17-15-13-11-9-7-5-2/h40-42,44-48,50,52-55H,4-39H2,1-3H3,(H,49,51)/t40?,41-,42+,44-,45-,46+,47?,48?/m0/s1. The summed E-state index contributed by atoms with van der Waals surface area (Å²) in [6.07, 6.45) is 34.2. The highest BCUT2D eigenvalue weighted by molar-refractivity contribution is 5.76. The van der Waals surface area contributed by atoms with Crippen LogP contribution in [0.3, 0.4) is 0 Å². The molecule has 0 bridgehead atoms. The first-order chi connectivity index (χ1) is 27.7. The Kier molecular flexibility index (Phi) is 36.3. The summed E-state index contributed by atoms with van der Waals surface area (Å²) in [6.45, 7) is 5.88. The van der Waals surface area contributed by atoms with E-state index in [2.05, 4.69) is 19.2 Å².